The van der Waals surface area contributed by atoms with Crippen molar-refractivity contribution in [1.82, 2.24) is 9.88 Å². The van der Waals surface area contributed by atoms with Gasteiger partial charge < -0.3 is 5.32 Å². The van der Waals surface area contributed by atoms with E-state index in [9.17, 15) is 0 Å². The number of pyridine rings is 1. The maximum Gasteiger partial charge on any atom is 0.152 e. The standard InChI is InChI=1S/C12H17BrClN3/c1-8(2)17-4-3-10(7-17)16-11-5-9(13)6-15-12(11)14/h5-6,8,10,16H,3-4,7H2,1-2H3. The third kappa shape index (κ3) is 3.33. The SMILES string of the molecule is CC(C)N1CCC(Nc2cc(Br)cnc2Cl)C1. The summed E-state index contributed by atoms with van der Waals surface area (Å²) in [6, 6.07) is 3.05. The van der Waals surface area contributed by atoms with E-state index in [1.165, 1.54) is 0 Å². The highest BCUT2D eigenvalue weighted by Crippen LogP contribution is 2.25. The summed E-state index contributed by atoms with van der Waals surface area (Å²) in [7, 11) is 0. The van der Waals surface area contributed by atoms with Crippen LogP contribution < -0.4 is 5.32 Å². The molecule has 17 heavy (non-hydrogen) atoms. The number of nitrogens with one attached hydrogen (secondary N) is 1. The molecule has 0 bridgehead atoms. The third-order valence-electron chi connectivity index (χ3n) is 3.12. The van der Waals surface area contributed by atoms with Gasteiger partial charge >= 0.3 is 0 Å². The van der Waals surface area contributed by atoms with Gasteiger partial charge in [0.25, 0.3) is 0 Å². The summed E-state index contributed by atoms with van der Waals surface area (Å²) in [4.78, 5) is 6.59. The highest BCUT2D eigenvalue weighted by Gasteiger charge is 2.24. The van der Waals surface area contributed by atoms with Gasteiger partial charge in [-0.2, -0.15) is 0 Å². The Balaban J connectivity index is 2.00. The van der Waals surface area contributed by atoms with Gasteiger partial charge in [0.2, 0.25) is 0 Å². The molecular formula is C12H17BrClN3. The van der Waals surface area contributed by atoms with Crippen LogP contribution in [0.4, 0.5) is 5.69 Å². The molecule has 1 atom stereocenters. The summed E-state index contributed by atoms with van der Waals surface area (Å²) in [6.07, 6.45) is 2.86. The number of rotatable bonds is 3. The predicted molar refractivity (Wildman–Crippen MR) is 75.7 cm³/mol. The van der Waals surface area contributed by atoms with Crippen LogP contribution >= 0.6 is 27.5 Å². The summed E-state index contributed by atoms with van der Waals surface area (Å²) < 4.78 is 0.947. The molecule has 1 aliphatic heterocycles. The van der Waals surface area contributed by atoms with Crippen LogP contribution in [0.1, 0.15) is 20.3 Å². The molecule has 1 N–H and O–H groups in total. The van der Waals surface area contributed by atoms with E-state index in [1.54, 1.807) is 6.20 Å². The Hall–Kier alpha value is -0.320. The molecule has 0 amide bonds. The van der Waals surface area contributed by atoms with Crippen molar-refractivity contribution in [2.45, 2.75) is 32.4 Å². The maximum absolute atomic E-state index is 6.07. The summed E-state index contributed by atoms with van der Waals surface area (Å²) >= 11 is 9.47. The van der Waals surface area contributed by atoms with Crippen LogP contribution in [0.2, 0.25) is 5.15 Å². The molecule has 0 aromatic carbocycles. The molecule has 0 radical (unpaired) electrons. The minimum Gasteiger partial charge on any atom is -0.378 e. The Kier molecular flexibility index (Phi) is 4.28. The van der Waals surface area contributed by atoms with Gasteiger partial charge in [-0.25, -0.2) is 4.98 Å². The second-order valence-electron chi connectivity index (χ2n) is 4.71. The molecule has 1 unspecified atom stereocenters. The molecule has 1 aromatic rings. The van der Waals surface area contributed by atoms with Crippen LogP contribution in [0.15, 0.2) is 16.7 Å². The summed E-state index contributed by atoms with van der Waals surface area (Å²) in [5.74, 6) is 0. The molecule has 1 fully saturated rings. The molecule has 0 spiro atoms. The Morgan fingerprint density at radius 1 is 1.59 bits per heavy atom. The Morgan fingerprint density at radius 2 is 2.35 bits per heavy atom. The van der Waals surface area contributed by atoms with E-state index in [1.807, 2.05) is 6.07 Å². The van der Waals surface area contributed by atoms with Crippen LogP contribution in [-0.2, 0) is 0 Å². The first-order chi connectivity index (χ1) is 8.06. The average Bonchev–Trinajstić information content (AvgIpc) is 2.72. The zero-order valence-corrected chi connectivity index (χ0v) is 12.4. The highest BCUT2D eigenvalue weighted by molar-refractivity contribution is 9.10. The lowest BCUT2D eigenvalue weighted by molar-refractivity contribution is 0.274. The Bertz CT molecular complexity index is 397. The van der Waals surface area contributed by atoms with E-state index in [0.29, 0.717) is 17.2 Å². The number of hydrogen-bond acceptors (Lipinski definition) is 3. The van der Waals surface area contributed by atoms with Crippen molar-refractivity contribution in [3.63, 3.8) is 0 Å². The number of aromatic nitrogens is 1. The summed E-state index contributed by atoms with van der Waals surface area (Å²) in [6.45, 7) is 6.68. The van der Waals surface area contributed by atoms with Gasteiger partial charge in [-0.15, -0.1) is 0 Å². The zero-order chi connectivity index (χ0) is 12.4. The fraction of sp³-hybridized carbons (Fsp3) is 0.583. The van der Waals surface area contributed by atoms with Crippen LogP contribution in [-0.4, -0.2) is 35.1 Å². The molecule has 0 aliphatic carbocycles. The zero-order valence-electron chi connectivity index (χ0n) is 10.1. The van der Waals surface area contributed by atoms with Crippen LogP contribution in [0.3, 0.4) is 0 Å². The lowest BCUT2D eigenvalue weighted by Gasteiger charge is -2.21. The smallest absolute Gasteiger partial charge is 0.152 e. The second kappa shape index (κ2) is 5.55. The molecule has 1 saturated heterocycles. The van der Waals surface area contributed by atoms with E-state index >= 15 is 0 Å². The first-order valence-corrected chi connectivity index (χ1v) is 7.05. The van der Waals surface area contributed by atoms with Gasteiger partial charge in [0.15, 0.2) is 5.15 Å². The molecular weight excluding hydrogens is 302 g/mol. The lowest BCUT2D eigenvalue weighted by Crippen LogP contribution is -2.31. The van der Waals surface area contributed by atoms with E-state index in [-0.39, 0.29) is 0 Å². The van der Waals surface area contributed by atoms with Crippen molar-refractivity contribution < 1.29 is 0 Å². The van der Waals surface area contributed by atoms with Gasteiger partial charge in [0.1, 0.15) is 0 Å². The topological polar surface area (TPSA) is 28.2 Å². The van der Waals surface area contributed by atoms with Gasteiger partial charge in [-0.1, -0.05) is 11.6 Å². The lowest BCUT2D eigenvalue weighted by atomic mass is 10.2. The number of hydrogen-bond donors (Lipinski definition) is 1. The molecule has 2 heterocycles. The first-order valence-electron chi connectivity index (χ1n) is 5.88. The van der Waals surface area contributed by atoms with E-state index < -0.39 is 0 Å². The largest absolute Gasteiger partial charge is 0.378 e. The van der Waals surface area contributed by atoms with E-state index in [0.717, 1.165) is 29.7 Å². The van der Waals surface area contributed by atoms with Gasteiger partial charge in [0, 0.05) is 35.8 Å². The van der Waals surface area contributed by atoms with Crippen molar-refractivity contribution in [1.29, 1.82) is 0 Å². The normalized spacial score (nSPS) is 21.1. The maximum atomic E-state index is 6.07. The molecule has 0 saturated carbocycles. The van der Waals surface area contributed by atoms with E-state index in [2.05, 4.69) is 45.0 Å². The average molecular weight is 319 g/mol. The number of likely N-dealkylation sites (tertiary alicyclic amines) is 1. The molecule has 94 valence electrons. The summed E-state index contributed by atoms with van der Waals surface area (Å²) in [5, 5.41) is 4.01. The minimum atomic E-state index is 0.464. The van der Waals surface area contributed by atoms with Gasteiger partial charge in [-0.05, 0) is 42.3 Å². The highest BCUT2D eigenvalue weighted by atomic mass is 79.9. The number of anilines is 1. The summed E-state index contributed by atoms with van der Waals surface area (Å²) in [5.41, 5.74) is 0.914. The van der Waals surface area contributed by atoms with Crippen LogP contribution in [0.25, 0.3) is 0 Å². The van der Waals surface area contributed by atoms with Gasteiger partial charge in [0.05, 0.1) is 5.69 Å². The molecule has 1 aromatic heterocycles. The van der Waals surface area contributed by atoms with E-state index in [4.69, 9.17) is 11.6 Å². The minimum absolute atomic E-state index is 0.464. The van der Waals surface area contributed by atoms with Gasteiger partial charge in [-0.3, -0.25) is 4.90 Å². The van der Waals surface area contributed by atoms with Crippen molar-refractivity contribution in [3.8, 4) is 0 Å². The molecule has 2 rings (SSSR count). The fourth-order valence-electron chi connectivity index (χ4n) is 2.12. The Labute approximate surface area is 116 Å². The van der Waals surface area contributed by atoms with Crippen molar-refractivity contribution in [2.24, 2.45) is 0 Å². The molecule has 3 nitrogen and oxygen atoms in total. The third-order valence-corrected chi connectivity index (χ3v) is 3.85. The quantitative estimate of drug-likeness (QED) is 0.866. The number of halogens is 2. The number of nitrogens with zero attached hydrogens (tertiary/aromatic N) is 2. The van der Waals surface area contributed by atoms with Crippen LogP contribution in [0.5, 0.6) is 0 Å². The Morgan fingerprint density at radius 3 is 3.00 bits per heavy atom. The van der Waals surface area contributed by atoms with Crippen molar-refractivity contribution >= 4 is 33.2 Å². The van der Waals surface area contributed by atoms with Crippen LogP contribution in [0, 0.1) is 0 Å². The molecule has 5 heteroatoms. The predicted octanol–water partition coefficient (Wildman–Crippen LogP) is 3.39. The first kappa shape index (κ1) is 13.1. The van der Waals surface area contributed by atoms with Crippen molar-refractivity contribution in [2.75, 3.05) is 18.4 Å². The second-order valence-corrected chi connectivity index (χ2v) is 5.98. The fourth-order valence-corrected chi connectivity index (χ4v) is 2.61. The molecule has 1 aliphatic rings. The monoisotopic (exact) mass is 317 g/mol. The van der Waals surface area contributed by atoms with Crippen molar-refractivity contribution in [3.05, 3.63) is 21.9 Å².